The molecule has 3 aromatic rings. The summed E-state index contributed by atoms with van der Waals surface area (Å²) < 4.78 is 43.9. The van der Waals surface area contributed by atoms with Gasteiger partial charge in [-0.25, -0.2) is 9.78 Å². The van der Waals surface area contributed by atoms with Gasteiger partial charge in [0.15, 0.2) is 0 Å². The third-order valence-corrected chi connectivity index (χ3v) is 5.96. The van der Waals surface area contributed by atoms with Crippen molar-refractivity contribution in [2.24, 2.45) is 5.73 Å². The second kappa shape index (κ2) is 10.3. The van der Waals surface area contributed by atoms with Gasteiger partial charge in [-0.1, -0.05) is 24.6 Å². The van der Waals surface area contributed by atoms with Crippen molar-refractivity contribution in [1.82, 2.24) is 24.6 Å². The molecule has 4 rings (SSSR count). The number of benzene rings is 1. The van der Waals surface area contributed by atoms with E-state index >= 15 is 0 Å². The maximum atomic E-state index is 13.2. The van der Waals surface area contributed by atoms with Crippen LogP contribution in [-0.2, 0) is 11.3 Å². The second-order valence-corrected chi connectivity index (χ2v) is 8.80. The molecule has 0 unspecified atom stereocenters. The predicted octanol–water partition coefficient (Wildman–Crippen LogP) is 3.90. The minimum atomic E-state index is -4.41. The first-order chi connectivity index (χ1) is 17.1. The summed E-state index contributed by atoms with van der Waals surface area (Å²) >= 11 is 6.40. The summed E-state index contributed by atoms with van der Waals surface area (Å²) in [5, 5.41) is 4.66. The quantitative estimate of drug-likeness (QED) is 0.542. The van der Waals surface area contributed by atoms with Crippen molar-refractivity contribution < 1.29 is 27.5 Å². The molecule has 2 N–H and O–H groups in total. The maximum Gasteiger partial charge on any atom is 0.411 e. The number of rotatable bonds is 5. The molecule has 1 aliphatic rings. The fraction of sp³-hybridized carbons (Fsp3) is 0.391. The van der Waals surface area contributed by atoms with E-state index in [9.17, 15) is 22.8 Å². The van der Waals surface area contributed by atoms with Crippen molar-refractivity contribution in [2.45, 2.75) is 32.2 Å². The molecule has 0 bridgehead atoms. The summed E-state index contributed by atoms with van der Waals surface area (Å²) in [6.07, 6.45) is -2.42. The van der Waals surface area contributed by atoms with Gasteiger partial charge in [-0.15, -0.1) is 0 Å². The van der Waals surface area contributed by atoms with Crippen molar-refractivity contribution in [3.8, 4) is 11.3 Å². The topological polar surface area (TPSA) is 107 Å². The third kappa shape index (κ3) is 5.71. The van der Waals surface area contributed by atoms with Crippen LogP contribution in [0.15, 0.2) is 36.7 Å². The van der Waals surface area contributed by atoms with Gasteiger partial charge in [0.25, 0.3) is 5.91 Å². The van der Waals surface area contributed by atoms with Gasteiger partial charge in [-0.3, -0.25) is 14.4 Å². The van der Waals surface area contributed by atoms with Crippen LogP contribution >= 0.6 is 11.6 Å². The lowest BCUT2D eigenvalue weighted by Crippen LogP contribution is -2.60. The Balaban J connectivity index is 1.54. The minimum absolute atomic E-state index is 0.130. The number of aromatic nitrogens is 3. The molecule has 0 aliphatic carbocycles. The first-order valence-electron chi connectivity index (χ1n) is 11.2. The van der Waals surface area contributed by atoms with Crippen LogP contribution < -0.4 is 5.73 Å². The van der Waals surface area contributed by atoms with Gasteiger partial charge in [-0.2, -0.15) is 18.3 Å². The fourth-order valence-corrected chi connectivity index (χ4v) is 4.17. The number of amides is 2. The highest BCUT2D eigenvalue weighted by Crippen LogP contribution is 2.29. The molecule has 1 atom stereocenters. The summed E-state index contributed by atoms with van der Waals surface area (Å²) in [6, 6.07) is 6.39. The maximum absolute atomic E-state index is 13.2. The van der Waals surface area contributed by atoms with Gasteiger partial charge < -0.3 is 15.4 Å². The lowest BCUT2D eigenvalue weighted by Gasteiger charge is -2.38. The first-order valence-corrected chi connectivity index (χ1v) is 11.6. The molecular weight excluding hydrogens is 501 g/mol. The normalized spacial score (nSPS) is 16.4. The molecule has 1 saturated heterocycles. The Morgan fingerprint density at radius 2 is 2.03 bits per heavy atom. The monoisotopic (exact) mass is 524 g/mol. The van der Waals surface area contributed by atoms with Crippen LogP contribution in [0.2, 0.25) is 5.02 Å². The van der Waals surface area contributed by atoms with Gasteiger partial charge in [-0.05, 0) is 24.6 Å². The van der Waals surface area contributed by atoms with Crippen molar-refractivity contribution in [2.75, 3.05) is 26.2 Å². The highest BCUT2D eigenvalue weighted by Gasteiger charge is 2.32. The number of ether oxygens (including phenoxy) is 1. The Morgan fingerprint density at radius 1 is 1.25 bits per heavy atom. The zero-order valence-electron chi connectivity index (χ0n) is 19.3. The Labute approximate surface area is 209 Å². The molecule has 1 aromatic carbocycles. The molecule has 2 aromatic heterocycles. The molecule has 36 heavy (non-hydrogen) atoms. The van der Waals surface area contributed by atoms with Crippen LogP contribution in [-0.4, -0.2) is 75.1 Å². The molecule has 2 amide bonds. The zero-order valence-corrected chi connectivity index (χ0v) is 20.1. The second-order valence-electron chi connectivity index (χ2n) is 8.39. The van der Waals surface area contributed by atoms with E-state index in [1.807, 2.05) is 6.92 Å². The number of piperazine rings is 1. The standard InChI is InChI=1S/C23H24ClF3N6O3/c1-2-7-36-22(35)33-6-5-31(12-20(33)28)21(34)14-3-4-16-17(24)9-18(30-19(16)8-14)15-10-29-32(11-15)13-23(25,26)27/h3-4,8-11,20H,2,5-7,12-13,28H2,1H3/t20-/m0/s1. The SMILES string of the molecule is CCCOC(=O)N1CCN(C(=O)c2ccc3c(Cl)cc(-c4cnn(CC(F)(F)F)c4)nc3c2)C[C@H]1N. The van der Waals surface area contributed by atoms with Crippen molar-refractivity contribution in [3.05, 3.63) is 47.2 Å². The average molecular weight is 525 g/mol. The van der Waals surface area contributed by atoms with E-state index < -0.39 is 25.0 Å². The van der Waals surface area contributed by atoms with Crippen molar-refractivity contribution >= 4 is 34.5 Å². The summed E-state index contributed by atoms with van der Waals surface area (Å²) in [5.74, 6) is -0.296. The van der Waals surface area contributed by atoms with Crippen molar-refractivity contribution in [3.63, 3.8) is 0 Å². The van der Waals surface area contributed by atoms with Gasteiger partial charge >= 0.3 is 12.3 Å². The number of carbonyl (C=O) groups excluding carboxylic acids is 2. The van der Waals surface area contributed by atoms with Crippen molar-refractivity contribution in [1.29, 1.82) is 0 Å². The third-order valence-electron chi connectivity index (χ3n) is 5.65. The number of hydrogen-bond donors (Lipinski definition) is 1. The number of alkyl halides is 3. The van der Waals surface area contributed by atoms with E-state index in [0.717, 1.165) is 4.68 Å². The molecule has 3 heterocycles. The molecule has 13 heteroatoms. The van der Waals surface area contributed by atoms with E-state index in [4.69, 9.17) is 22.1 Å². The molecule has 0 radical (unpaired) electrons. The Kier molecular flexibility index (Phi) is 7.36. The summed E-state index contributed by atoms with van der Waals surface area (Å²) in [6.45, 7) is 1.60. The predicted molar refractivity (Wildman–Crippen MR) is 126 cm³/mol. The molecular formula is C23H24ClF3N6O3. The van der Waals surface area contributed by atoms with E-state index in [1.54, 1.807) is 23.1 Å². The van der Waals surface area contributed by atoms with Gasteiger partial charge in [0.2, 0.25) is 0 Å². The van der Waals surface area contributed by atoms with Gasteiger partial charge in [0.05, 0.1) is 35.6 Å². The van der Waals surface area contributed by atoms with Crippen LogP contribution in [0.1, 0.15) is 23.7 Å². The molecule has 0 saturated carbocycles. The number of nitrogens with two attached hydrogens (primary N) is 1. The largest absolute Gasteiger partial charge is 0.449 e. The van der Waals surface area contributed by atoms with Gasteiger partial charge in [0.1, 0.15) is 12.7 Å². The highest BCUT2D eigenvalue weighted by atomic mass is 35.5. The molecule has 9 nitrogen and oxygen atoms in total. The number of hydrogen-bond acceptors (Lipinski definition) is 6. The van der Waals surface area contributed by atoms with Crippen LogP contribution in [0.3, 0.4) is 0 Å². The summed E-state index contributed by atoms with van der Waals surface area (Å²) in [4.78, 5) is 32.8. The Morgan fingerprint density at radius 3 is 2.72 bits per heavy atom. The number of fused-ring (bicyclic) bond motifs is 1. The van der Waals surface area contributed by atoms with Crippen LogP contribution in [0, 0.1) is 0 Å². The molecule has 192 valence electrons. The van der Waals surface area contributed by atoms with E-state index in [-0.39, 0.29) is 25.5 Å². The number of nitrogens with zero attached hydrogens (tertiary/aromatic N) is 5. The zero-order chi connectivity index (χ0) is 26.0. The smallest absolute Gasteiger partial charge is 0.411 e. The van der Waals surface area contributed by atoms with E-state index in [2.05, 4.69) is 10.1 Å². The van der Waals surface area contributed by atoms with Gasteiger partial charge in [0, 0.05) is 35.8 Å². The number of pyridine rings is 1. The van der Waals surface area contributed by atoms with E-state index in [1.165, 1.54) is 23.4 Å². The summed E-state index contributed by atoms with van der Waals surface area (Å²) in [7, 11) is 0. The lowest BCUT2D eigenvalue weighted by molar-refractivity contribution is -0.142. The summed E-state index contributed by atoms with van der Waals surface area (Å²) in [5.41, 5.74) is 7.54. The van der Waals surface area contributed by atoms with E-state index in [0.29, 0.717) is 45.8 Å². The minimum Gasteiger partial charge on any atom is -0.449 e. The highest BCUT2D eigenvalue weighted by molar-refractivity contribution is 6.35. The fourth-order valence-electron chi connectivity index (χ4n) is 3.91. The van der Waals surface area contributed by atoms with Crippen LogP contribution in [0.25, 0.3) is 22.2 Å². The molecule has 1 fully saturated rings. The average Bonchev–Trinajstić information content (AvgIpc) is 3.28. The van der Waals surface area contributed by atoms with Crippen LogP contribution in [0.4, 0.5) is 18.0 Å². The number of halogens is 4. The molecule has 0 spiro atoms. The Hall–Kier alpha value is -3.38. The first kappa shape index (κ1) is 25.7. The number of carbonyl (C=O) groups is 2. The van der Waals surface area contributed by atoms with Crippen LogP contribution in [0.5, 0.6) is 0 Å². The Bertz CT molecular complexity index is 1280. The molecule has 1 aliphatic heterocycles. The lowest BCUT2D eigenvalue weighted by atomic mass is 10.1.